The average molecular weight is 193 g/mol. The quantitative estimate of drug-likeness (QED) is 0.730. The number of aryl methyl sites for hydroxylation is 1. The molecule has 76 valence electrons. The molecule has 2 N–H and O–H groups in total. The van der Waals surface area contributed by atoms with E-state index < -0.39 is 0 Å². The Hall–Kier alpha value is -1.15. The Morgan fingerprint density at radius 2 is 2.29 bits per heavy atom. The van der Waals surface area contributed by atoms with E-state index in [0.717, 1.165) is 24.0 Å². The van der Waals surface area contributed by atoms with Crippen LogP contribution in [0.3, 0.4) is 0 Å². The van der Waals surface area contributed by atoms with Gasteiger partial charge in [0.25, 0.3) is 0 Å². The highest BCUT2D eigenvalue weighted by molar-refractivity contribution is 5.29. The van der Waals surface area contributed by atoms with Crippen LogP contribution in [0.5, 0.6) is 0 Å². The molecule has 0 aromatic heterocycles. The highest BCUT2D eigenvalue weighted by Gasteiger charge is 2.08. The van der Waals surface area contributed by atoms with Gasteiger partial charge in [-0.15, -0.1) is 6.58 Å². The standard InChI is InChI=1S/C12H16FN/c1-3-4-5-12(14)11-8-10(13)7-6-9(11)2/h3,6-8,12H,1,4-5,14H2,2H3. The molecule has 0 aliphatic carbocycles. The maximum atomic E-state index is 13.0. The molecule has 1 atom stereocenters. The molecule has 0 bridgehead atoms. The van der Waals surface area contributed by atoms with E-state index in [-0.39, 0.29) is 11.9 Å². The second kappa shape index (κ2) is 4.91. The molecule has 1 rings (SSSR count). The zero-order valence-electron chi connectivity index (χ0n) is 8.46. The Morgan fingerprint density at radius 1 is 1.57 bits per heavy atom. The number of hydrogen-bond donors (Lipinski definition) is 1. The van der Waals surface area contributed by atoms with E-state index in [1.807, 2.05) is 13.0 Å². The Labute approximate surface area is 84.4 Å². The summed E-state index contributed by atoms with van der Waals surface area (Å²) < 4.78 is 13.0. The molecule has 0 radical (unpaired) electrons. The molecule has 0 fully saturated rings. The van der Waals surface area contributed by atoms with Crippen molar-refractivity contribution in [2.45, 2.75) is 25.8 Å². The first kappa shape index (κ1) is 10.9. The first-order chi connectivity index (χ1) is 6.65. The van der Waals surface area contributed by atoms with Crippen LogP contribution in [0.25, 0.3) is 0 Å². The SMILES string of the molecule is C=CCCC(N)c1cc(F)ccc1C. The van der Waals surface area contributed by atoms with Gasteiger partial charge in [0.05, 0.1) is 0 Å². The van der Waals surface area contributed by atoms with E-state index in [1.165, 1.54) is 12.1 Å². The average Bonchev–Trinajstić information content (AvgIpc) is 2.18. The van der Waals surface area contributed by atoms with Gasteiger partial charge in [-0.05, 0) is 43.0 Å². The number of allylic oxidation sites excluding steroid dienone is 1. The van der Waals surface area contributed by atoms with E-state index in [4.69, 9.17) is 5.73 Å². The van der Waals surface area contributed by atoms with Crippen molar-refractivity contribution in [3.63, 3.8) is 0 Å². The van der Waals surface area contributed by atoms with Gasteiger partial charge in [-0.25, -0.2) is 4.39 Å². The van der Waals surface area contributed by atoms with E-state index >= 15 is 0 Å². The van der Waals surface area contributed by atoms with Crippen LogP contribution in [0.4, 0.5) is 4.39 Å². The molecule has 0 saturated carbocycles. The van der Waals surface area contributed by atoms with Crippen LogP contribution >= 0.6 is 0 Å². The summed E-state index contributed by atoms with van der Waals surface area (Å²) in [5.74, 6) is -0.223. The van der Waals surface area contributed by atoms with Crippen molar-refractivity contribution in [3.05, 3.63) is 47.8 Å². The maximum absolute atomic E-state index is 13.0. The summed E-state index contributed by atoms with van der Waals surface area (Å²) in [5, 5.41) is 0. The zero-order chi connectivity index (χ0) is 10.6. The summed E-state index contributed by atoms with van der Waals surface area (Å²) in [6, 6.07) is 4.64. The fourth-order valence-electron chi connectivity index (χ4n) is 1.46. The molecule has 0 aliphatic rings. The zero-order valence-corrected chi connectivity index (χ0v) is 8.46. The summed E-state index contributed by atoms with van der Waals surface area (Å²) in [5.41, 5.74) is 7.88. The number of benzene rings is 1. The van der Waals surface area contributed by atoms with Gasteiger partial charge in [0.15, 0.2) is 0 Å². The first-order valence-electron chi connectivity index (χ1n) is 4.77. The molecular weight excluding hydrogens is 177 g/mol. The minimum Gasteiger partial charge on any atom is -0.324 e. The van der Waals surface area contributed by atoms with Crippen LogP contribution in [0.15, 0.2) is 30.9 Å². The van der Waals surface area contributed by atoms with Gasteiger partial charge < -0.3 is 5.73 Å². The van der Waals surface area contributed by atoms with E-state index in [2.05, 4.69) is 6.58 Å². The minimum absolute atomic E-state index is 0.0938. The lowest BCUT2D eigenvalue weighted by atomic mass is 9.98. The normalized spacial score (nSPS) is 12.5. The Kier molecular flexibility index (Phi) is 3.84. The Balaban J connectivity index is 2.82. The monoisotopic (exact) mass is 193 g/mol. The molecule has 2 heteroatoms. The molecule has 0 spiro atoms. The van der Waals surface area contributed by atoms with Crippen LogP contribution in [0, 0.1) is 12.7 Å². The molecule has 1 nitrogen and oxygen atoms in total. The van der Waals surface area contributed by atoms with Crippen molar-refractivity contribution >= 4 is 0 Å². The largest absolute Gasteiger partial charge is 0.324 e. The smallest absolute Gasteiger partial charge is 0.123 e. The van der Waals surface area contributed by atoms with Crippen LogP contribution in [0.2, 0.25) is 0 Å². The van der Waals surface area contributed by atoms with Gasteiger partial charge in [0, 0.05) is 6.04 Å². The summed E-state index contributed by atoms with van der Waals surface area (Å²) in [7, 11) is 0. The molecule has 1 unspecified atom stereocenters. The summed E-state index contributed by atoms with van der Waals surface area (Å²) in [6.45, 7) is 5.58. The third-order valence-corrected chi connectivity index (χ3v) is 2.32. The van der Waals surface area contributed by atoms with Crippen LogP contribution in [-0.2, 0) is 0 Å². The highest BCUT2D eigenvalue weighted by atomic mass is 19.1. The van der Waals surface area contributed by atoms with Gasteiger partial charge in [0.1, 0.15) is 5.82 Å². The van der Waals surface area contributed by atoms with Crippen molar-refractivity contribution in [1.29, 1.82) is 0 Å². The topological polar surface area (TPSA) is 26.0 Å². The first-order valence-corrected chi connectivity index (χ1v) is 4.77. The van der Waals surface area contributed by atoms with E-state index in [9.17, 15) is 4.39 Å². The molecule has 0 amide bonds. The lowest BCUT2D eigenvalue weighted by Crippen LogP contribution is -2.11. The van der Waals surface area contributed by atoms with Gasteiger partial charge >= 0.3 is 0 Å². The Bertz CT molecular complexity index is 320. The van der Waals surface area contributed by atoms with Crippen molar-refractivity contribution in [3.8, 4) is 0 Å². The summed E-state index contributed by atoms with van der Waals surface area (Å²) in [6.07, 6.45) is 3.50. The molecule has 0 aliphatic heterocycles. The highest BCUT2D eigenvalue weighted by Crippen LogP contribution is 2.20. The minimum atomic E-state index is -0.223. The molecule has 1 aromatic rings. The van der Waals surface area contributed by atoms with Gasteiger partial charge in [-0.3, -0.25) is 0 Å². The fraction of sp³-hybridized carbons (Fsp3) is 0.333. The van der Waals surface area contributed by atoms with Crippen molar-refractivity contribution < 1.29 is 4.39 Å². The van der Waals surface area contributed by atoms with Crippen molar-refractivity contribution in [2.75, 3.05) is 0 Å². The second-order valence-corrected chi connectivity index (χ2v) is 3.47. The lowest BCUT2D eigenvalue weighted by molar-refractivity contribution is 0.609. The van der Waals surface area contributed by atoms with Gasteiger partial charge in [-0.2, -0.15) is 0 Å². The predicted molar refractivity (Wildman–Crippen MR) is 57.5 cm³/mol. The summed E-state index contributed by atoms with van der Waals surface area (Å²) >= 11 is 0. The lowest BCUT2D eigenvalue weighted by Gasteiger charge is -2.13. The molecule has 14 heavy (non-hydrogen) atoms. The Morgan fingerprint density at radius 3 is 2.93 bits per heavy atom. The van der Waals surface area contributed by atoms with Crippen LogP contribution in [-0.4, -0.2) is 0 Å². The van der Waals surface area contributed by atoms with E-state index in [1.54, 1.807) is 6.07 Å². The number of hydrogen-bond acceptors (Lipinski definition) is 1. The second-order valence-electron chi connectivity index (χ2n) is 3.47. The van der Waals surface area contributed by atoms with Crippen molar-refractivity contribution in [2.24, 2.45) is 5.73 Å². The number of rotatable bonds is 4. The maximum Gasteiger partial charge on any atom is 0.123 e. The van der Waals surface area contributed by atoms with Crippen LogP contribution < -0.4 is 5.73 Å². The fourth-order valence-corrected chi connectivity index (χ4v) is 1.46. The summed E-state index contributed by atoms with van der Waals surface area (Å²) in [4.78, 5) is 0. The molecular formula is C12H16FN. The van der Waals surface area contributed by atoms with Crippen LogP contribution in [0.1, 0.15) is 30.0 Å². The van der Waals surface area contributed by atoms with Gasteiger partial charge in [-0.1, -0.05) is 12.1 Å². The molecule has 0 saturated heterocycles. The molecule has 0 heterocycles. The van der Waals surface area contributed by atoms with E-state index in [0.29, 0.717) is 0 Å². The van der Waals surface area contributed by atoms with Gasteiger partial charge in [0.2, 0.25) is 0 Å². The third-order valence-electron chi connectivity index (χ3n) is 2.32. The number of nitrogens with two attached hydrogens (primary N) is 1. The molecule has 1 aromatic carbocycles. The number of halogens is 1. The predicted octanol–water partition coefficient (Wildman–Crippen LogP) is 3.10. The van der Waals surface area contributed by atoms with Crippen molar-refractivity contribution in [1.82, 2.24) is 0 Å². The third kappa shape index (κ3) is 2.67.